The minimum absolute atomic E-state index is 0.0470. The number of unbranched alkanes of at least 4 members (excludes halogenated alkanes) is 8. The van der Waals surface area contributed by atoms with Crippen molar-refractivity contribution in [1.82, 2.24) is 30.0 Å². The third-order valence-corrected chi connectivity index (χ3v) is 22.7. The lowest BCUT2D eigenvalue weighted by molar-refractivity contribution is -0.146. The highest BCUT2D eigenvalue weighted by Gasteiger charge is 2.52. The van der Waals surface area contributed by atoms with Crippen LogP contribution in [0.5, 0.6) is 23.0 Å². The van der Waals surface area contributed by atoms with Crippen LogP contribution in [0.2, 0.25) is 0 Å². The first-order valence-electron chi connectivity index (χ1n) is 43.6. The van der Waals surface area contributed by atoms with Crippen molar-refractivity contribution < 1.29 is 108 Å². The van der Waals surface area contributed by atoms with Crippen molar-refractivity contribution in [2.75, 3.05) is 59.3 Å². The van der Waals surface area contributed by atoms with E-state index in [1.807, 2.05) is 129 Å². The van der Waals surface area contributed by atoms with E-state index in [4.69, 9.17) is 76.8 Å². The third-order valence-electron chi connectivity index (χ3n) is 20.1. The molecule has 29 nitrogen and oxygen atoms in total. The first-order valence-corrected chi connectivity index (χ1v) is 45.5. The van der Waals surface area contributed by atoms with Crippen LogP contribution in [0.15, 0.2) is 236 Å². The van der Waals surface area contributed by atoms with Crippen molar-refractivity contribution in [3.05, 3.63) is 241 Å². The van der Waals surface area contributed by atoms with Gasteiger partial charge in [0, 0.05) is 74.3 Å². The number of ether oxygens (including phenoxy) is 9. The van der Waals surface area contributed by atoms with E-state index in [1.165, 1.54) is 31.4 Å². The molecule has 12 aromatic rings. The van der Waals surface area contributed by atoms with Crippen LogP contribution in [0.25, 0.3) is 90.3 Å². The second-order valence-electron chi connectivity index (χ2n) is 31.8. The van der Waals surface area contributed by atoms with Gasteiger partial charge in [0.05, 0.1) is 68.2 Å². The largest absolute Gasteiger partial charge is 0.516 e. The Morgan fingerprint density at radius 3 is 0.924 bits per heavy atom. The van der Waals surface area contributed by atoms with Gasteiger partial charge in [0.1, 0.15) is 59.0 Å². The molecular weight excluding hydrogens is 1720 g/mol. The molecule has 2 aliphatic rings. The van der Waals surface area contributed by atoms with Gasteiger partial charge in [-0.1, -0.05) is 162 Å². The maximum Gasteiger partial charge on any atom is 0.516 e. The van der Waals surface area contributed by atoms with Gasteiger partial charge in [-0.25, -0.2) is 42.7 Å². The number of carbonyl (C=O) groups excluding carboxylic acids is 8. The predicted octanol–water partition coefficient (Wildman–Crippen LogP) is 24.5. The van der Waals surface area contributed by atoms with Crippen molar-refractivity contribution in [3.8, 4) is 113 Å². The molecule has 2 aliphatic heterocycles. The molecule has 131 heavy (non-hydrogen) atoms. The summed E-state index contributed by atoms with van der Waals surface area (Å²) in [6.07, 6.45) is 10.6. The Morgan fingerprint density at radius 1 is 0.389 bits per heavy atom. The second kappa shape index (κ2) is 48.5. The maximum absolute atomic E-state index is 13.7. The molecule has 2 saturated heterocycles. The van der Waals surface area contributed by atoms with Gasteiger partial charge in [-0.3, -0.25) is 9.59 Å². The van der Waals surface area contributed by atoms with Crippen LogP contribution >= 0.6 is 19.3 Å². The van der Waals surface area contributed by atoms with Crippen LogP contribution in [0.4, 0.5) is 14.4 Å². The lowest BCUT2D eigenvalue weighted by Gasteiger charge is -2.29. The molecule has 0 unspecified atom stereocenters. The van der Waals surface area contributed by atoms with E-state index < -0.39 is 60.5 Å². The highest BCUT2D eigenvalue weighted by atomic mass is 35.5. The number of benzene rings is 8. The van der Waals surface area contributed by atoms with Gasteiger partial charge in [0.15, 0.2) is 23.0 Å². The molecule has 6 heterocycles. The van der Waals surface area contributed by atoms with E-state index >= 15 is 0 Å². The summed E-state index contributed by atoms with van der Waals surface area (Å²) in [6, 6.07) is 64.4. The molecule has 686 valence electrons. The Hall–Kier alpha value is -13.9. The Bertz CT molecular complexity index is 5740. The van der Waals surface area contributed by atoms with Gasteiger partial charge in [-0.2, -0.15) is 0 Å². The molecule has 14 rings (SSSR count). The van der Waals surface area contributed by atoms with E-state index in [9.17, 15) is 42.9 Å². The Labute approximate surface area is 764 Å². The number of nitrogens with zero attached hydrogens (tertiary/aromatic N) is 6. The Morgan fingerprint density at radius 2 is 0.664 bits per heavy atom. The minimum Gasteiger partial charge on any atom is -0.494 e. The molecule has 0 radical (unpaired) electrons. The van der Waals surface area contributed by atoms with Gasteiger partial charge in [0.2, 0.25) is 0 Å². The van der Waals surface area contributed by atoms with Crippen molar-refractivity contribution in [1.29, 1.82) is 0 Å². The van der Waals surface area contributed by atoms with Gasteiger partial charge < -0.3 is 65.2 Å². The summed E-state index contributed by atoms with van der Waals surface area (Å²) >= 11 is 5.46. The number of carbonyl (C=O) groups is 8. The maximum atomic E-state index is 13.7. The standard InChI is InChI=1S/C27H28N3O9P.C26H29NO6.C26H29NO5.C21H20ClNO3/c1-2-3-4-15-35-22-11-9-20(10-12-22)24-18-23(28-38-24)19-5-7-21(8-6-19)25(31)39-40(34,29-13-16-36-26(29)32)30-14-17-37-27(30)33;1-4-5-6-15-30-22-13-11-20(12-14-22)24-16-23(27-33-24)19-7-9-21(10-8-19)25(28)32-26(29)31-17-18(2)3;1-5-6-7-16-30-21-14-12-19(13-15-21)23-17-22(27-32-23)18-8-10-20(11-9-18)24(28)31-25(29)26(2,3)4;1-2-3-4-13-25-18-11-9-16(10-12-18)20-14-19(23-26-20)15-5-7-17(8-6-15)21(22)24/h5-12,18H,2-4,13-17H2,1H3;7-14,16,18H,4-6,15,17H2,1-3H3;8-15,17H,5-7,16H2,1-4H3;5-12,14H,2-4,13H2,1H3. The van der Waals surface area contributed by atoms with Crippen LogP contribution in [-0.4, -0.2) is 137 Å². The average Bonchev–Trinajstić information content (AvgIpc) is 1.63. The van der Waals surface area contributed by atoms with Crippen molar-refractivity contribution in [2.45, 2.75) is 139 Å². The van der Waals surface area contributed by atoms with Crippen LogP contribution in [0.3, 0.4) is 0 Å². The van der Waals surface area contributed by atoms with E-state index in [-0.39, 0.29) is 50.0 Å². The number of hydrogen-bond acceptors (Lipinski definition) is 27. The normalized spacial score (nSPS) is 12.2. The molecule has 31 heteroatoms. The monoisotopic (exact) mass is 1820 g/mol. The van der Waals surface area contributed by atoms with E-state index in [0.717, 1.165) is 136 Å². The summed E-state index contributed by atoms with van der Waals surface area (Å²) in [4.78, 5) is 96.1. The van der Waals surface area contributed by atoms with Gasteiger partial charge in [0.25, 0.3) is 5.24 Å². The fourth-order valence-corrected chi connectivity index (χ4v) is 14.7. The first-order chi connectivity index (χ1) is 63.3. The summed E-state index contributed by atoms with van der Waals surface area (Å²) in [7, 11) is -4.43. The summed E-state index contributed by atoms with van der Waals surface area (Å²) in [6.45, 7) is 20.3. The summed E-state index contributed by atoms with van der Waals surface area (Å²) < 4.78 is 89.6. The van der Waals surface area contributed by atoms with Crippen LogP contribution in [0, 0.1) is 11.3 Å². The molecule has 8 aromatic carbocycles. The van der Waals surface area contributed by atoms with Gasteiger partial charge in [-0.05, 0) is 210 Å². The first kappa shape index (κ1) is 97.7. The molecule has 0 saturated carbocycles. The number of aromatic nitrogens is 4. The molecule has 0 atom stereocenters. The Kier molecular flexibility index (Phi) is 36.1. The predicted molar refractivity (Wildman–Crippen MR) is 490 cm³/mol. The summed E-state index contributed by atoms with van der Waals surface area (Å²) in [5.41, 5.74) is 9.42. The molecule has 0 bridgehead atoms. The van der Waals surface area contributed by atoms with E-state index in [2.05, 4.69) is 48.3 Å². The quantitative estimate of drug-likeness (QED) is 0.00871. The zero-order chi connectivity index (χ0) is 93.2. The highest BCUT2D eigenvalue weighted by Crippen LogP contribution is 2.57. The molecule has 0 N–H and O–H groups in total. The lowest BCUT2D eigenvalue weighted by atomic mass is 9.97. The van der Waals surface area contributed by atoms with Crippen molar-refractivity contribution in [3.63, 3.8) is 0 Å². The SMILES string of the molecule is CCCCCOc1ccc(-c2cc(-c3ccc(C(=O)Cl)cc3)no2)cc1.CCCCCOc1ccc(-c2cc(-c3ccc(C(=O)OC(=O)C(C)(C)C)cc3)no2)cc1.CCCCCOc1ccc(-c2cc(-c3ccc(C(=O)OC(=O)OCC(C)C)cc3)no2)cc1.CCCCCOc1ccc(-c2cc(-c3ccc(C(=O)OP(=O)(N4CCOC4=O)N4CCOC4=O)cc3)no2)cc1. The number of amides is 2. The van der Waals surface area contributed by atoms with E-state index in [0.29, 0.717) is 82.3 Å². The van der Waals surface area contributed by atoms with Crippen LogP contribution in [-0.2, 0) is 37.6 Å². The van der Waals surface area contributed by atoms with Crippen LogP contribution < -0.4 is 18.9 Å². The van der Waals surface area contributed by atoms with Gasteiger partial charge >= 0.3 is 49.9 Å². The minimum atomic E-state index is -4.43. The number of esters is 3. The lowest BCUT2D eigenvalue weighted by Crippen LogP contribution is -2.35. The van der Waals surface area contributed by atoms with Gasteiger partial charge in [-0.15, -0.1) is 0 Å². The topological polar surface area (TPSA) is 357 Å². The summed E-state index contributed by atoms with van der Waals surface area (Å²) in [5.74, 6) is 2.96. The molecule has 4 aromatic heterocycles. The van der Waals surface area contributed by atoms with E-state index in [1.54, 1.807) is 112 Å². The zero-order valence-corrected chi connectivity index (χ0v) is 76.3. The van der Waals surface area contributed by atoms with Crippen LogP contribution in [0.1, 0.15) is 181 Å². The highest BCUT2D eigenvalue weighted by molar-refractivity contribution is 7.56. The summed E-state index contributed by atoms with van der Waals surface area (Å²) in [5, 5.41) is 16.0. The molecule has 2 fully saturated rings. The fourth-order valence-electron chi connectivity index (χ4n) is 12.6. The smallest absolute Gasteiger partial charge is 0.494 e. The average molecular weight is 1830 g/mol. The third kappa shape index (κ3) is 28.5. The molecule has 0 aliphatic carbocycles. The molecular formula is C100H106ClN6O23P. The second-order valence-corrected chi connectivity index (χ2v) is 34.3. The number of halogens is 1. The number of hydrogen-bond donors (Lipinski definition) is 0. The fraction of sp³-hybridized carbons (Fsp3) is 0.320. The molecule has 0 spiro atoms. The number of cyclic esters (lactones) is 2. The van der Waals surface area contributed by atoms with Crippen molar-refractivity contribution >= 4 is 66.7 Å². The Balaban J connectivity index is 0.000000170. The van der Waals surface area contributed by atoms with Crippen molar-refractivity contribution in [2.24, 2.45) is 11.3 Å². The molecule has 2 amide bonds. The zero-order valence-electron chi connectivity index (χ0n) is 74.6. The number of rotatable bonds is 37.